The molecule has 0 saturated heterocycles. The van der Waals surface area contributed by atoms with Crippen LogP contribution in [-0.2, 0) is 14.3 Å². The van der Waals surface area contributed by atoms with Crippen molar-refractivity contribution in [2.24, 2.45) is 0 Å². The number of nitrogens with one attached hydrogen (secondary N) is 1. The first kappa shape index (κ1) is 73.3. The molecule has 6 nitrogen and oxygen atoms in total. The number of hydrogen-bond acceptors (Lipinski definition) is 5. The van der Waals surface area contributed by atoms with E-state index in [1.807, 2.05) is 6.08 Å². The summed E-state index contributed by atoms with van der Waals surface area (Å²) < 4.78 is 5.49. The average molecular weight is 1060 g/mol. The lowest BCUT2D eigenvalue weighted by Gasteiger charge is -2.20. The number of hydrogen-bond donors (Lipinski definition) is 3. The number of allylic oxidation sites excluding steroid dienone is 3. The van der Waals surface area contributed by atoms with Gasteiger partial charge in [0.05, 0.1) is 25.4 Å². The summed E-state index contributed by atoms with van der Waals surface area (Å²) in [5.41, 5.74) is 0. The maximum absolute atomic E-state index is 12.5. The number of carbonyl (C=O) groups is 2. The molecule has 0 aliphatic heterocycles. The molecule has 0 spiro atoms. The van der Waals surface area contributed by atoms with E-state index in [2.05, 4.69) is 31.3 Å². The van der Waals surface area contributed by atoms with Crippen molar-refractivity contribution in [3.05, 3.63) is 24.3 Å². The van der Waals surface area contributed by atoms with Gasteiger partial charge >= 0.3 is 5.97 Å². The lowest BCUT2D eigenvalue weighted by Crippen LogP contribution is -2.45. The standard InChI is InChI=1S/C69H133NO5/c1-3-5-7-9-11-13-15-17-19-21-27-30-33-37-41-45-49-53-57-61-67(72)66(65-71)70-68(73)62-58-54-50-46-42-38-34-31-28-25-23-22-24-26-29-32-36-40-44-48-52-56-60-64-75-69(74)63-59-55-51-47-43-39-35-20-18-16-14-12-10-8-6-4-2/h20,35,57,61,66-67,71-72H,3-19,21-34,36-56,58-60,62-65H2,1-2H3,(H,70,73)/b35-20-,61-57+. The monoisotopic (exact) mass is 1060 g/mol. The van der Waals surface area contributed by atoms with Crippen LogP contribution in [0.2, 0.25) is 0 Å². The van der Waals surface area contributed by atoms with Gasteiger partial charge in [-0.1, -0.05) is 334 Å². The predicted octanol–water partition coefficient (Wildman–Crippen LogP) is 21.8. The Hall–Kier alpha value is -1.66. The molecule has 2 unspecified atom stereocenters. The van der Waals surface area contributed by atoms with Crippen molar-refractivity contribution in [1.82, 2.24) is 5.32 Å². The minimum Gasteiger partial charge on any atom is -0.466 e. The highest BCUT2D eigenvalue weighted by Crippen LogP contribution is 2.18. The molecule has 0 aliphatic carbocycles. The van der Waals surface area contributed by atoms with Crippen LogP contribution in [-0.4, -0.2) is 47.4 Å². The van der Waals surface area contributed by atoms with Gasteiger partial charge in [-0.05, 0) is 57.8 Å². The predicted molar refractivity (Wildman–Crippen MR) is 329 cm³/mol. The zero-order valence-electron chi connectivity index (χ0n) is 50.8. The molecule has 0 saturated carbocycles. The fourth-order valence-corrected chi connectivity index (χ4v) is 10.7. The van der Waals surface area contributed by atoms with Crippen LogP contribution in [0.25, 0.3) is 0 Å². The van der Waals surface area contributed by atoms with Crippen LogP contribution in [0.4, 0.5) is 0 Å². The van der Waals surface area contributed by atoms with Gasteiger partial charge in [-0.3, -0.25) is 9.59 Å². The van der Waals surface area contributed by atoms with Crippen LogP contribution in [0.3, 0.4) is 0 Å². The van der Waals surface area contributed by atoms with Crippen LogP contribution in [0, 0.1) is 0 Å². The first-order chi connectivity index (χ1) is 37.0. The molecule has 444 valence electrons. The van der Waals surface area contributed by atoms with E-state index in [1.54, 1.807) is 6.08 Å². The second-order valence-electron chi connectivity index (χ2n) is 23.5. The maximum Gasteiger partial charge on any atom is 0.305 e. The summed E-state index contributed by atoms with van der Waals surface area (Å²) >= 11 is 0. The normalized spacial score (nSPS) is 12.6. The summed E-state index contributed by atoms with van der Waals surface area (Å²) in [5.74, 6) is -0.0569. The van der Waals surface area contributed by atoms with Crippen LogP contribution in [0.15, 0.2) is 24.3 Å². The number of rotatable bonds is 64. The molecule has 0 rings (SSSR count). The van der Waals surface area contributed by atoms with Gasteiger partial charge in [0, 0.05) is 12.8 Å². The highest BCUT2D eigenvalue weighted by Gasteiger charge is 2.18. The summed E-state index contributed by atoms with van der Waals surface area (Å²) in [6.07, 6.45) is 81.0. The molecular weight excluding hydrogens is 923 g/mol. The molecule has 2 atom stereocenters. The Labute approximate surface area is 469 Å². The molecule has 0 aromatic carbocycles. The molecular formula is C69H133NO5. The van der Waals surface area contributed by atoms with Gasteiger partial charge in [-0.2, -0.15) is 0 Å². The molecule has 0 aromatic heterocycles. The fourth-order valence-electron chi connectivity index (χ4n) is 10.7. The first-order valence-electron chi connectivity index (χ1n) is 34.1. The highest BCUT2D eigenvalue weighted by molar-refractivity contribution is 5.76. The van der Waals surface area contributed by atoms with Gasteiger partial charge in [-0.25, -0.2) is 0 Å². The fraction of sp³-hybridized carbons (Fsp3) is 0.913. The zero-order valence-corrected chi connectivity index (χ0v) is 50.8. The Bertz CT molecular complexity index is 1170. The smallest absolute Gasteiger partial charge is 0.305 e. The van der Waals surface area contributed by atoms with Gasteiger partial charge in [0.25, 0.3) is 0 Å². The number of carbonyl (C=O) groups excluding carboxylic acids is 2. The third-order valence-electron chi connectivity index (χ3n) is 16.0. The Morgan fingerprint density at radius 3 is 0.947 bits per heavy atom. The van der Waals surface area contributed by atoms with E-state index >= 15 is 0 Å². The van der Waals surface area contributed by atoms with Crippen molar-refractivity contribution in [2.75, 3.05) is 13.2 Å². The molecule has 1 amide bonds. The summed E-state index contributed by atoms with van der Waals surface area (Å²) in [6, 6.07) is -0.628. The molecule has 0 heterocycles. The molecule has 0 aliphatic rings. The summed E-state index contributed by atoms with van der Waals surface area (Å²) in [7, 11) is 0. The van der Waals surface area contributed by atoms with Crippen molar-refractivity contribution in [3.63, 3.8) is 0 Å². The highest BCUT2D eigenvalue weighted by atomic mass is 16.5. The lowest BCUT2D eigenvalue weighted by atomic mass is 10.0. The van der Waals surface area contributed by atoms with E-state index in [1.165, 1.54) is 308 Å². The van der Waals surface area contributed by atoms with E-state index in [-0.39, 0.29) is 18.5 Å². The Balaban J connectivity index is 3.39. The minimum atomic E-state index is -0.845. The van der Waals surface area contributed by atoms with Crippen LogP contribution >= 0.6 is 0 Å². The summed E-state index contributed by atoms with van der Waals surface area (Å²) in [5, 5.41) is 23.2. The quantitative estimate of drug-likeness (QED) is 0.0320. The number of ether oxygens (including phenoxy) is 1. The molecule has 0 aromatic rings. The van der Waals surface area contributed by atoms with Crippen molar-refractivity contribution in [1.29, 1.82) is 0 Å². The van der Waals surface area contributed by atoms with Gasteiger partial charge in [0.2, 0.25) is 5.91 Å². The zero-order chi connectivity index (χ0) is 54.3. The van der Waals surface area contributed by atoms with E-state index in [9.17, 15) is 19.8 Å². The molecule has 6 heteroatoms. The SMILES string of the molecule is CCCCCCCCC/C=C\CCCCCCCC(=O)OCCCCCCCCCCCCCCCCCCCCCCCCCC(=O)NC(CO)C(O)/C=C/CCCCCCCCCCCCCCCCCCC. The van der Waals surface area contributed by atoms with Gasteiger partial charge in [0.1, 0.15) is 0 Å². The number of aliphatic hydroxyl groups excluding tert-OH is 2. The third-order valence-corrected chi connectivity index (χ3v) is 16.0. The Morgan fingerprint density at radius 2 is 0.627 bits per heavy atom. The van der Waals surface area contributed by atoms with E-state index < -0.39 is 12.1 Å². The topological polar surface area (TPSA) is 95.9 Å². The van der Waals surface area contributed by atoms with Crippen molar-refractivity contribution >= 4 is 11.9 Å². The van der Waals surface area contributed by atoms with Crippen LogP contribution in [0.5, 0.6) is 0 Å². The van der Waals surface area contributed by atoms with Gasteiger partial charge in [-0.15, -0.1) is 0 Å². The van der Waals surface area contributed by atoms with E-state index in [4.69, 9.17) is 4.74 Å². The number of esters is 1. The second-order valence-corrected chi connectivity index (χ2v) is 23.5. The van der Waals surface area contributed by atoms with Crippen molar-refractivity contribution < 1.29 is 24.5 Å². The Kier molecular flexibility index (Phi) is 63.4. The van der Waals surface area contributed by atoms with Crippen molar-refractivity contribution in [2.45, 2.75) is 392 Å². The van der Waals surface area contributed by atoms with Crippen LogP contribution in [0.1, 0.15) is 380 Å². The average Bonchev–Trinajstić information content (AvgIpc) is 3.41. The third kappa shape index (κ3) is 61.4. The minimum absolute atomic E-state index is 0.00723. The molecule has 0 bridgehead atoms. The van der Waals surface area contributed by atoms with E-state index in [0.29, 0.717) is 19.4 Å². The molecule has 75 heavy (non-hydrogen) atoms. The van der Waals surface area contributed by atoms with Crippen molar-refractivity contribution in [3.8, 4) is 0 Å². The first-order valence-corrected chi connectivity index (χ1v) is 34.1. The largest absolute Gasteiger partial charge is 0.466 e. The van der Waals surface area contributed by atoms with Crippen LogP contribution < -0.4 is 5.32 Å². The van der Waals surface area contributed by atoms with Gasteiger partial charge < -0.3 is 20.3 Å². The molecule has 0 radical (unpaired) electrons. The number of amides is 1. The number of unbranched alkanes of at least 4 members (excludes halogenated alkanes) is 51. The lowest BCUT2D eigenvalue weighted by molar-refractivity contribution is -0.143. The summed E-state index contributed by atoms with van der Waals surface area (Å²) in [6.45, 7) is 4.93. The number of aliphatic hydroxyl groups is 2. The maximum atomic E-state index is 12.5. The van der Waals surface area contributed by atoms with E-state index in [0.717, 1.165) is 44.9 Å². The van der Waals surface area contributed by atoms with Gasteiger partial charge in [0.15, 0.2) is 0 Å². The summed E-state index contributed by atoms with van der Waals surface area (Å²) in [4.78, 5) is 24.6. The molecule has 3 N–H and O–H groups in total. The second kappa shape index (κ2) is 64.9. The molecule has 0 fully saturated rings. The Morgan fingerprint density at radius 1 is 0.360 bits per heavy atom.